The van der Waals surface area contributed by atoms with E-state index in [0.717, 1.165) is 22.6 Å². The second-order valence-electron chi connectivity index (χ2n) is 6.36. The van der Waals surface area contributed by atoms with Crippen LogP contribution in [0.15, 0.2) is 78.9 Å². The van der Waals surface area contributed by atoms with Crippen molar-refractivity contribution in [2.24, 2.45) is 0 Å². The summed E-state index contributed by atoms with van der Waals surface area (Å²) in [6, 6.07) is 25.7. The summed E-state index contributed by atoms with van der Waals surface area (Å²) in [6.07, 6.45) is 0. The van der Waals surface area contributed by atoms with Crippen LogP contribution in [-0.4, -0.2) is 12.5 Å². The van der Waals surface area contributed by atoms with Crippen LogP contribution in [0.5, 0.6) is 5.75 Å². The zero-order valence-corrected chi connectivity index (χ0v) is 15.4. The Kier molecular flexibility index (Phi) is 6.47. The largest absolute Gasteiger partial charge is 0.489 e. The molecule has 0 saturated heterocycles. The lowest BCUT2D eigenvalue weighted by Crippen LogP contribution is -2.29. The maximum absolute atomic E-state index is 12.0. The van der Waals surface area contributed by atoms with Gasteiger partial charge in [-0.3, -0.25) is 4.79 Å². The van der Waals surface area contributed by atoms with Gasteiger partial charge in [-0.25, -0.2) is 0 Å². The molecule has 0 aliphatic carbocycles. The number of ether oxygens (including phenoxy) is 1. The first-order valence-electron chi connectivity index (χ1n) is 9.02. The van der Waals surface area contributed by atoms with Crippen LogP contribution >= 0.6 is 0 Å². The van der Waals surface area contributed by atoms with Crippen molar-refractivity contribution in [3.8, 4) is 5.75 Å². The van der Waals surface area contributed by atoms with Gasteiger partial charge >= 0.3 is 0 Å². The van der Waals surface area contributed by atoms with Crippen LogP contribution in [0.3, 0.4) is 0 Å². The summed E-state index contributed by atoms with van der Waals surface area (Å²) in [6.45, 7) is 3.35. The van der Waals surface area contributed by atoms with Crippen molar-refractivity contribution < 1.29 is 9.53 Å². The third kappa shape index (κ3) is 5.89. The van der Waals surface area contributed by atoms with E-state index >= 15 is 0 Å². The van der Waals surface area contributed by atoms with Gasteiger partial charge in [-0.2, -0.15) is 0 Å². The summed E-state index contributed by atoms with van der Waals surface area (Å²) >= 11 is 0. The van der Waals surface area contributed by atoms with Crippen LogP contribution in [0.2, 0.25) is 0 Å². The highest BCUT2D eigenvalue weighted by Gasteiger charge is 2.03. The number of rotatable bonds is 8. The average Bonchev–Trinajstić information content (AvgIpc) is 2.71. The zero-order valence-electron chi connectivity index (χ0n) is 15.4. The molecule has 4 heteroatoms. The lowest BCUT2D eigenvalue weighted by Gasteiger charge is -2.10. The van der Waals surface area contributed by atoms with E-state index in [0.29, 0.717) is 13.2 Å². The molecule has 1 amide bonds. The van der Waals surface area contributed by atoms with E-state index in [4.69, 9.17) is 4.74 Å². The van der Waals surface area contributed by atoms with Crippen LogP contribution in [0.25, 0.3) is 0 Å². The molecule has 3 aromatic rings. The minimum atomic E-state index is -0.0392. The maximum Gasteiger partial charge on any atom is 0.239 e. The number of hydrogen-bond acceptors (Lipinski definition) is 3. The predicted octanol–water partition coefficient (Wildman–Crippen LogP) is 4.30. The van der Waals surface area contributed by atoms with Gasteiger partial charge in [-0.1, -0.05) is 54.6 Å². The molecule has 3 aromatic carbocycles. The Bertz CT molecular complexity index is 861. The van der Waals surface area contributed by atoms with Crippen molar-refractivity contribution in [1.29, 1.82) is 0 Å². The third-order valence-electron chi connectivity index (χ3n) is 4.29. The Morgan fingerprint density at radius 1 is 0.889 bits per heavy atom. The van der Waals surface area contributed by atoms with Crippen molar-refractivity contribution in [2.75, 3.05) is 11.9 Å². The Morgan fingerprint density at radius 2 is 1.59 bits per heavy atom. The van der Waals surface area contributed by atoms with Gasteiger partial charge in [0.05, 0.1) is 6.54 Å². The molecule has 0 unspecified atom stereocenters. The lowest BCUT2D eigenvalue weighted by molar-refractivity contribution is -0.119. The summed E-state index contributed by atoms with van der Waals surface area (Å²) < 4.78 is 5.76. The molecule has 0 atom stereocenters. The second kappa shape index (κ2) is 9.43. The fourth-order valence-corrected chi connectivity index (χ4v) is 2.66. The van der Waals surface area contributed by atoms with E-state index < -0.39 is 0 Å². The Morgan fingerprint density at radius 3 is 2.33 bits per heavy atom. The van der Waals surface area contributed by atoms with E-state index in [2.05, 4.69) is 10.6 Å². The van der Waals surface area contributed by atoms with E-state index in [-0.39, 0.29) is 12.5 Å². The van der Waals surface area contributed by atoms with Crippen molar-refractivity contribution >= 4 is 11.6 Å². The number of aryl methyl sites for hydroxylation is 1. The highest BCUT2D eigenvalue weighted by molar-refractivity contribution is 5.80. The molecule has 0 aliphatic heterocycles. The van der Waals surface area contributed by atoms with Crippen LogP contribution in [0.4, 0.5) is 5.69 Å². The van der Waals surface area contributed by atoms with Gasteiger partial charge in [-0.15, -0.1) is 0 Å². The van der Waals surface area contributed by atoms with Crippen molar-refractivity contribution in [3.63, 3.8) is 0 Å². The molecule has 3 rings (SSSR count). The third-order valence-corrected chi connectivity index (χ3v) is 4.29. The molecular formula is C23H24N2O2. The first-order valence-corrected chi connectivity index (χ1v) is 9.02. The Balaban J connectivity index is 1.41. The van der Waals surface area contributed by atoms with Gasteiger partial charge < -0.3 is 15.4 Å². The minimum absolute atomic E-state index is 0.0392. The molecule has 27 heavy (non-hydrogen) atoms. The molecular weight excluding hydrogens is 336 g/mol. The molecule has 0 spiro atoms. The van der Waals surface area contributed by atoms with Crippen molar-refractivity contribution in [3.05, 3.63) is 95.6 Å². The van der Waals surface area contributed by atoms with Gasteiger partial charge in [-0.05, 0) is 47.9 Å². The molecule has 0 aliphatic rings. The van der Waals surface area contributed by atoms with E-state index in [1.54, 1.807) is 0 Å². The monoisotopic (exact) mass is 360 g/mol. The highest BCUT2D eigenvalue weighted by atomic mass is 16.5. The zero-order chi connectivity index (χ0) is 18.9. The van der Waals surface area contributed by atoms with E-state index in [9.17, 15) is 4.79 Å². The summed E-state index contributed by atoms with van der Waals surface area (Å²) in [7, 11) is 0. The number of benzene rings is 3. The van der Waals surface area contributed by atoms with E-state index in [1.807, 2.05) is 85.8 Å². The van der Waals surface area contributed by atoms with Crippen molar-refractivity contribution in [2.45, 2.75) is 20.1 Å². The SMILES string of the molecule is Cc1ccccc1CNC(=O)CNc1ccc(OCc2ccccc2)cc1. The molecule has 0 heterocycles. The number of nitrogens with one attached hydrogen (secondary N) is 2. The van der Waals surface area contributed by atoms with Gasteiger partial charge in [0.1, 0.15) is 12.4 Å². The highest BCUT2D eigenvalue weighted by Crippen LogP contribution is 2.17. The van der Waals surface area contributed by atoms with Crippen molar-refractivity contribution in [1.82, 2.24) is 5.32 Å². The molecule has 0 saturated carbocycles. The van der Waals surface area contributed by atoms with Crippen LogP contribution in [0.1, 0.15) is 16.7 Å². The second-order valence-corrected chi connectivity index (χ2v) is 6.36. The van der Waals surface area contributed by atoms with Crippen LogP contribution in [0, 0.1) is 6.92 Å². The number of hydrogen-bond donors (Lipinski definition) is 2. The molecule has 4 nitrogen and oxygen atoms in total. The molecule has 0 aromatic heterocycles. The van der Waals surface area contributed by atoms with E-state index in [1.165, 1.54) is 5.56 Å². The smallest absolute Gasteiger partial charge is 0.239 e. The summed E-state index contributed by atoms with van der Waals surface area (Å²) in [5.74, 6) is 0.760. The number of carbonyl (C=O) groups excluding carboxylic acids is 1. The van der Waals surface area contributed by atoms with Gasteiger partial charge in [0.2, 0.25) is 5.91 Å². The average molecular weight is 360 g/mol. The number of anilines is 1. The summed E-state index contributed by atoms with van der Waals surface area (Å²) in [5, 5.41) is 6.06. The molecule has 0 fully saturated rings. The first-order chi connectivity index (χ1) is 13.2. The van der Waals surface area contributed by atoms with Gasteiger partial charge in [0, 0.05) is 12.2 Å². The fraction of sp³-hybridized carbons (Fsp3) is 0.174. The summed E-state index contributed by atoms with van der Waals surface area (Å²) in [5.41, 5.74) is 4.32. The Hall–Kier alpha value is -3.27. The molecule has 0 radical (unpaired) electrons. The van der Waals surface area contributed by atoms with Crippen LogP contribution < -0.4 is 15.4 Å². The standard InChI is InChI=1S/C23H24N2O2/c1-18-7-5-6-10-20(18)15-25-23(26)16-24-21-11-13-22(14-12-21)27-17-19-8-3-2-4-9-19/h2-14,24H,15-17H2,1H3,(H,25,26). The first kappa shape index (κ1) is 18.5. The number of carbonyl (C=O) groups is 1. The molecule has 138 valence electrons. The predicted molar refractivity (Wildman–Crippen MR) is 109 cm³/mol. The Labute approximate surface area is 160 Å². The molecule has 0 bridgehead atoms. The molecule has 2 N–H and O–H groups in total. The fourth-order valence-electron chi connectivity index (χ4n) is 2.66. The minimum Gasteiger partial charge on any atom is -0.489 e. The maximum atomic E-state index is 12.0. The summed E-state index contributed by atoms with van der Waals surface area (Å²) in [4.78, 5) is 12.0. The van der Waals surface area contributed by atoms with Gasteiger partial charge in [0.25, 0.3) is 0 Å². The lowest BCUT2D eigenvalue weighted by atomic mass is 10.1. The van der Waals surface area contributed by atoms with Gasteiger partial charge in [0.15, 0.2) is 0 Å². The number of amides is 1. The van der Waals surface area contributed by atoms with Crippen LogP contribution in [-0.2, 0) is 17.9 Å². The normalized spacial score (nSPS) is 10.3. The topological polar surface area (TPSA) is 50.4 Å². The quantitative estimate of drug-likeness (QED) is 0.630.